The Labute approximate surface area is 221 Å². The molecule has 1 saturated heterocycles. The largest absolute Gasteiger partial charge is 0.497 e. The molecule has 0 radical (unpaired) electrons. The number of aliphatic carboxylic acids is 1. The number of methoxy groups -OCH3 is 1. The molecule has 2 aromatic heterocycles. The van der Waals surface area contributed by atoms with Crippen LogP contribution in [-0.2, 0) is 4.79 Å². The molecule has 6 nitrogen and oxygen atoms in total. The summed E-state index contributed by atoms with van der Waals surface area (Å²) in [5.41, 5.74) is 1.72. The molecule has 2 N–H and O–H groups in total. The summed E-state index contributed by atoms with van der Waals surface area (Å²) in [6.45, 7) is 3.05. The third-order valence-corrected chi connectivity index (χ3v) is 9.15. The van der Waals surface area contributed by atoms with E-state index in [1.165, 1.54) is 4.90 Å². The van der Waals surface area contributed by atoms with Crippen molar-refractivity contribution in [1.29, 1.82) is 0 Å². The number of thiophene rings is 1. The van der Waals surface area contributed by atoms with Crippen molar-refractivity contribution in [2.24, 2.45) is 11.8 Å². The van der Waals surface area contributed by atoms with Gasteiger partial charge < -0.3 is 19.8 Å². The number of fused-ring (bicyclic) bond motifs is 1. The Morgan fingerprint density at radius 2 is 2.17 bits per heavy atom. The van der Waals surface area contributed by atoms with Crippen molar-refractivity contribution in [2.45, 2.75) is 49.5 Å². The number of carbonyl (C=O) groups is 1. The Kier molecular flexibility index (Phi) is 10.0. The minimum atomic E-state index is -0.727. The second-order valence-electron chi connectivity index (χ2n) is 9.58. The highest BCUT2D eigenvalue weighted by atomic mass is 32.2. The highest BCUT2D eigenvalue weighted by Crippen LogP contribution is 2.35. The number of likely N-dealkylation sites (tertiary alicyclic amines) is 1. The number of hydrogen-bond acceptors (Lipinski definition) is 7. The number of hydrogen-bond donors (Lipinski definition) is 2. The molecule has 3 heterocycles. The van der Waals surface area contributed by atoms with Crippen LogP contribution in [0.4, 0.5) is 0 Å². The molecule has 1 aromatic carbocycles. The molecule has 0 saturated carbocycles. The van der Waals surface area contributed by atoms with Crippen LogP contribution in [0.1, 0.15) is 50.2 Å². The van der Waals surface area contributed by atoms with Gasteiger partial charge in [-0.25, -0.2) is 0 Å². The number of ether oxygens (including phenoxy) is 1. The lowest BCUT2D eigenvalue weighted by Crippen LogP contribution is -2.41. The molecular formula is C28H36N2O4S2. The van der Waals surface area contributed by atoms with Crippen LogP contribution in [0.2, 0.25) is 0 Å². The minimum Gasteiger partial charge on any atom is -0.497 e. The fraction of sp³-hybridized carbons (Fsp3) is 0.500. The fourth-order valence-electron chi connectivity index (χ4n) is 5.28. The lowest BCUT2D eigenvalue weighted by atomic mass is 9.79. The lowest BCUT2D eigenvalue weighted by molar-refractivity contribution is -0.137. The summed E-state index contributed by atoms with van der Waals surface area (Å²) < 4.78 is 5.37. The number of piperidine rings is 1. The van der Waals surface area contributed by atoms with Crippen molar-refractivity contribution < 1.29 is 19.7 Å². The van der Waals surface area contributed by atoms with E-state index in [1.54, 1.807) is 24.6 Å². The molecule has 8 heteroatoms. The molecule has 1 fully saturated rings. The van der Waals surface area contributed by atoms with Gasteiger partial charge >= 0.3 is 5.97 Å². The standard InChI is InChI=1S/C28H36N2O4S2/c1-34-22-5-6-26-25(17-22)24(9-12-29-26)27(31)7-3-20-10-14-30(18-21(20)4-8-28(32)33)13-2-15-36-23-11-16-35-19-23/h5-6,9,11-12,16-17,19-21,27,31H,2-4,7-8,10,13-15,18H2,1H3,(H,32,33)/t20-,21+,27?/m1/s1. The Balaban J connectivity index is 1.33. The molecule has 1 aliphatic heterocycles. The maximum Gasteiger partial charge on any atom is 0.303 e. The van der Waals surface area contributed by atoms with Crippen molar-refractivity contribution >= 4 is 40.0 Å². The fourth-order valence-corrected chi connectivity index (χ4v) is 6.99. The van der Waals surface area contributed by atoms with Gasteiger partial charge in [-0.1, -0.05) is 0 Å². The first-order valence-electron chi connectivity index (χ1n) is 12.7. The highest BCUT2D eigenvalue weighted by Gasteiger charge is 2.30. The predicted molar refractivity (Wildman–Crippen MR) is 147 cm³/mol. The maximum atomic E-state index is 11.3. The van der Waals surface area contributed by atoms with Gasteiger partial charge in [0.2, 0.25) is 0 Å². The lowest BCUT2D eigenvalue weighted by Gasteiger charge is -2.39. The van der Waals surface area contributed by atoms with E-state index in [0.29, 0.717) is 24.7 Å². The van der Waals surface area contributed by atoms with Crippen LogP contribution in [0, 0.1) is 11.8 Å². The van der Waals surface area contributed by atoms with Crippen molar-refractivity contribution in [3.8, 4) is 5.75 Å². The number of rotatable bonds is 13. The van der Waals surface area contributed by atoms with E-state index < -0.39 is 12.1 Å². The molecule has 1 unspecified atom stereocenters. The molecule has 0 amide bonds. The van der Waals surface area contributed by atoms with Gasteiger partial charge in [0.1, 0.15) is 5.75 Å². The second kappa shape index (κ2) is 13.4. The zero-order valence-corrected chi connectivity index (χ0v) is 22.5. The predicted octanol–water partition coefficient (Wildman–Crippen LogP) is 6.10. The van der Waals surface area contributed by atoms with E-state index in [4.69, 9.17) is 4.74 Å². The molecule has 3 atom stereocenters. The Morgan fingerprint density at radius 1 is 1.28 bits per heavy atom. The molecule has 0 bridgehead atoms. The number of aliphatic hydroxyl groups is 1. The van der Waals surface area contributed by atoms with Gasteiger partial charge in [-0.15, -0.1) is 11.8 Å². The first-order chi connectivity index (χ1) is 17.5. The number of aliphatic hydroxyl groups excluding tert-OH is 1. The smallest absolute Gasteiger partial charge is 0.303 e. The minimum absolute atomic E-state index is 0.209. The highest BCUT2D eigenvalue weighted by molar-refractivity contribution is 7.99. The molecule has 4 rings (SSSR count). The van der Waals surface area contributed by atoms with Gasteiger partial charge in [0, 0.05) is 34.8 Å². The Hall–Kier alpha value is -2.13. The second-order valence-corrected chi connectivity index (χ2v) is 11.5. The third kappa shape index (κ3) is 7.44. The first-order valence-corrected chi connectivity index (χ1v) is 14.7. The van der Waals surface area contributed by atoms with Crippen LogP contribution in [0.3, 0.4) is 0 Å². The van der Waals surface area contributed by atoms with Crippen LogP contribution in [0.5, 0.6) is 5.75 Å². The maximum absolute atomic E-state index is 11.3. The summed E-state index contributed by atoms with van der Waals surface area (Å²) in [5.74, 6) is 1.90. The summed E-state index contributed by atoms with van der Waals surface area (Å²) >= 11 is 3.64. The molecule has 1 aliphatic rings. The SMILES string of the molecule is COc1ccc2nccc(C(O)CC[C@@H]3CCN(CCCSc4ccsc4)C[C@@H]3CCC(=O)O)c2c1. The molecule has 0 aliphatic carbocycles. The monoisotopic (exact) mass is 528 g/mol. The van der Waals surface area contributed by atoms with Crippen LogP contribution in [0.25, 0.3) is 10.9 Å². The summed E-state index contributed by atoms with van der Waals surface area (Å²) in [4.78, 5) is 19.6. The molecular weight excluding hydrogens is 492 g/mol. The normalized spacial score (nSPS) is 19.4. The topological polar surface area (TPSA) is 82.9 Å². The van der Waals surface area contributed by atoms with E-state index in [1.807, 2.05) is 36.0 Å². The Morgan fingerprint density at radius 3 is 2.94 bits per heavy atom. The van der Waals surface area contributed by atoms with E-state index in [-0.39, 0.29) is 6.42 Å². The zero-order chi connectivity index (χ0) is 25.3. The van der Waals surface area contributed by atoms with Gasteiger partial charge in [-0.05, 0) is 104 Å². The van der Waals surface area contributed by atoms with Crippen molar-refractivity contribution in [3.05, 3.63) is 52.9 Å². The number of aromatic nitrogens is 1. The van der Waals surface area contributed by atoms with Gasteiger partial charge in [-0.3, -0.25) is 9.78 Å². The van der Waals surface area contributed by atoms with Crippen molar-refractivity contribution in [1.82, 2.24) is 9.88 Å². The summed E-state index contributed by atoms with van der Waals surface area (Å²) in [6.07, 6.45) is 5.80. The summed E-state index contributed by atoms with van der Waals surface area (Å²) in [5, 5.41) is 25.6. The quantitative estimate of drug-likeness (QED) is 0.205. The third-order valence-electron chi connectivity index (χ3n) is 7.24. The molecule has 36 heavy (non-hydrogen) atoms. The number of nitrogens with zero attached hydrogens (tertiary/aromatic N) is 2. The molecule has 0 spiro atoms. The van der Waals surface area contributed by atoms with Crippen LogP contribution >= 0.6 is 23.1 Å². The Bertz CT molecular complexity index is 1110. The number of benzene rings is 1. The number of carboxylic acids is 1. The number of carboxylic acid groups (broad SMARTS) is 1. The number of thioether (sulfide) groups is 1. The van der Waals surface area contributed by atoms with Gasteiger partial charge in [0.15, 0.2) is 0 Å². The van der Waals surface area contributed by atoms with E-state index in [2.05, 4.69) is 26.7 Å². The van der Waals surface area contributed by atoms with Gasteiger partial charge in [0.05, 0.1) is 18.7 Å². The summed E-state index contributed by atoms with van der Waals surface area (Å²) in [6, 6.07) is 9.80. The first kappa shape index (κ1) is 26.9. The molecule has 194 valence electrons. The van der Waals surface area contributed by atoms with E-state index in [0.717, 1.165) is 66.9 Å². The summed E-state index contributed by atoms with van der Waals surface area (Å²) in [7, 11) is 1.64. The van der Waals surface area contributed by atoms with Crippen LogP contribution in [0.15, 0.2) is 52.2 Å². The zero-order valence-electron chi connectivity index (χ0n) is 20.8. The number of pyridine rings is 1. The van der Waals surface area contributed by atoms with E-state index >= 15 is 0 Å². The van der Waals surface area contributed by atoms with Gasteiger partial charge in [-0.2, -0.15) is 11.3 Å². The van der Waals surface area contributed by atoms with Crippen LogP contribution in [-0.4, -0.2) is 58.6 Å². The van der Waals surface area contributed by atoms with Crippen molar-refractivity contribution in [2.75, 3.05) is 32.5 Å². The van der Waals surface area contributed by atoms with Crippen LogP contribution < -0.4 is 4.74 Å². The van der Waals surface area contributed by atoms with Gasteiger partial charge in [0.25, 0.3) is 0 Å². The molecule has 3 aromatic rings. The average molecular weight is 529 g/mol. The average Bonchev–Trinajstić information content (AvgIpc) is 3.42. The van der Waals surface area contributed by atoms with Crippen molar-refractivity contribution in [3.63, 3.8) is 0 Å². The van der Waals surface area contributed by atoms with E-state index in [9.17, 15) is 15.0 Å².